The molecule has 15 heavy (non-hydrogen) atoms. The lowest BCUT2D eigenvalue weighted by molar-refractivity contribution is -0.185. The van der Waals surface area contributed by atoms with Crippen LogP contribution in [0, 0.1) is 5.92 Å². The highest BCUT2D eigenvalue weighted by Crippen LogP contribution is 2.32. The van der Waals surface area contributed by atoms with Gasteiger partial charge in [0.1, 0.15) is 0 Å². The summed E-state index contributed by atoms with van der Waals surface area (Å²) in [7, 11) is 0. The van der Waals surface area contributed by atoms with Crippen LogP contribution in [0.25, 0.3) is 0 Å². The highest BCUT2D eigenvalue weighted by atomic mass is 32.2. The highest BCUT2D eigenvalue weighted by molar-refractivity contribution is 7.98. The molecule has 0 radical (unpaired) electrons. The molecule has 3 N–H and O–H groups in total. The number of halogens is 3. The Kier molecular flexibility index (Phi) is 6.04. The van der Waals surface area contributed by atoms with Crippen LogP contribution in [0.3, 0.4) is 0 Å². The summed E-state index contributed by atoms with van der Waals surface area (Å²) in [5.41, 5.74) is 5.44. The average molecular weight is 245 g/mol. The maximum Gasteiger partial charge on any atom is 0.392 e. The Balaban J connectivity index is 4.31. The molecule has 2 atom stereocenters. The molecule has 7 heteroatoms. The van der Waals surface area contributed by atoms with Gasteiger partial charge in [0.05, 0.1) is 12.3 Å². The lowest BCUT2D eigenvalue weighted by Gasteiger charge is -2.21. The molecule has 0 aliphatic heterocycles. The predicted octanol–water partition coefficient (Wildman–Crippen LogP) is 1.72. The summed E-state index contributed by atoms with van der Waals surface area (Å²) >= 11 is 1.34. The molecule has 0 spiro atoms. The van der Waals surface area contributed by atoms with E-state index in [0.29, 0.717) is 5.75 Å². The Morgan fingerprint density at radius 1 is 1.53 bits per heavy atom. The summed E-state index contributed by atoms with van der Waals surface area (Å²) in [6, 6.07) is -0.619. The van der Waals surface area contributed by atoms with Gasteiger partial charge >= 0.3 is 12.1 Å². The zero-order valence-electron chi connectivity index (χ0n) is 8.25. The van der Waals surface area contributed by atoms with Gasteiger partial charge in [-0.05, 0) is 12.7 Å². The first-order valence-electron chi connectivity index (χ1n) is 4.30. The smallest absolute Gasteiger partial charge is 0.392 e. The zero-order valence-corrected chi connectivity index (χ0v) is 9.07. The van der Waals surface area contributed by atoms with Crippen LogP contribution in [0.15, 0.2) is 0 Å². The monoisotopic (exact) mass is 245 g/mol. The van der Waals surface area contributed by atoms with E-state index < -0.39 is 30.5 Å². The van der Waals surface area contributed by atoms with Crippen LogP contribution in [0.1, 0.15) is 12.8 Å². The van der Waals surface area contributed by atoms with E-state index in [2.05, 4.69) is 0 Å². The third kappa shape index (κ3) is 6.62. The molecule has 0 saturated carbocycles. The van der Waals surface area contributed by atoms with Gasteiger partial charge in [-0.25, -0.2) is 0 Å². The van der Waals surface area contributed by atoms with Gasteiger partial charge in [0, 0.05) is 11.8 Å². The van der Waals surface area contributed by atoms with Crippen molar-refractivity contribution in [2.24, 2.45) is 11.7 Å². The van der Waals surface area contributed by atoms with Crippen molar-refractivity contribution in [3.8, 4) is 0 Å². The molecule has 0 aromatic heterocycles. The maximum absolute atomic E-state index is 12.4. The molecule has 0 fully saturated rings. The third-order valence-corrected chi connectivity index (χ3v) is 2.61. The lowest BCUT2D eigenvalue weighted by Crippen LogP contribution is -2.34. The largest absolute Gasteiger partial charge is 0.481 e. The van der Waals surface area contributed by atoms with E-state index >= 15 is 0 Å². The topological polar surface area (TPSA) is 63.3 Å². The molecule has 0 aliphatic rings. The van der Waals surface area contributed by atoms with Crippen LogP contribution >= 0.6 is 11.8 Å². The third-order valence-electron chi connectivity index (χ3n) is 1.85. The Morgan fingerprint density at radius 3 is 2.40 bits per heavy atom. The lowest BCUT2D eigenvalue weighted by atomic mass is 9.97. The van der Waals surface area contributed by atoms with E-state index in [1.54, 1.807) is 6.26 Å². The van der Waals surface area contributed by atoms with Crippen molar-refractivity contribution in [1.29, 1.82) is 0 Å². The molecule has 90 valence electrons. The Bertz CT molecular complexity index is 211. The molecule has 3 nitrogen and oxygen atoms in total. The highest BCUT2D eigenvalue weighted by Gasteiger charge is 2.41. The summed E-state index contributed by atoms with van der Waals surface area (Å²) in [6.07, 6.45) is -4.00. The minimum atomic E-state index is -4.49. The van der Waals surface area contributed by atoms with E-state index in [4.69, 9.17) is 10.8 Å². The fourth-order valence-corrected chi connectivity index (χ4v) is 1.76. The van der Waals surface area contributed by atoms with Gasteiger partial charge in [-0.3, -0.25) is 4.79 Å². The first kappa shape index (κ1) is 14.6. The van der Waals surface area contributed by atoms with Gasteiger partial charge in [0.2, 0.25) is 0 Å². The van der Waals surface area contributed by atoms with Crippen LogP contribution in [0.2, 0.25) is 0 Å². The van der Waals surface area contributed by atoms with Gasteiger partial charge < -0.3 is 10.8 Å². The number of thioether (sulfide) groups is 1. The second-order valence-corrected chi connectivity index (χ2v) is 4.20. The quantitative estimate of drug-likeness (QED) is 0.748. The van der Waals surface area contributed by atoms with Gasteiger partial charge in [0.25, 0.3) is 0 Å². The number of aliphatic carboxylic acids is 1. The average Bonchev–Trinajstić information content (AvgIpc) is 2.00. The van der Waals surface area contributed by atoms with Crippen molar-refractivity contribution in [2.75, 3.05) is 12.0 Å². The molecule has 0 amide bonds. The molecule has 0 heterocycles. The summed E-state index contributed by atoms with van der Waals surface area (Å²) in [6.45, 7) is 0. The Hall–Kier alpha value is -0.430. The molecular weight excluding hydrogens is 231 g/mol. The van der Waals surface area contributed by atoms with Gasteiger partial charge in [-0.1, -0.05) is 0 Å². The van der Waals surface area contributed by atoms with Crippen LogP contribution in [0.4, 0.5) is 13.2 Å². The van der Waals surface area contributed by atoms with Crippen LogP contribution < -0.4 is 5.73 Å². The number of alkyl halides is 3. The molecule has 0 unspecified atom stereocenters. The first-order chi connectivity index (χ1) is 6.77. The summed E-state index contributed by atoms with van der Waals surface area (Å²) in [4.78, 5) is 10.2. The summed E-state index contributed by atoms with van der Waals surface area (Å²) < 4.78 is 37.1. The molecule has 0 aromatic carbocycles. The van der Waals surface area contributed by atoms with Crippen LogP contribution in [0.5, 0.6) is 0 Å². The second kappa shape index (κ2) is 6.22. The molecule has 0 aliphatic carbocycles. The first-order valence-corrected chi connectivity index (χ1v) is 5.69. The normalized spacial score (nSPS) is 16.1. The predicted molar refractivity (Wildman–Crippen MR) is 52.8 cm³/mol. The zero-order chi connectivity index (χ0) is 12.1. The summed E-state index contributed by atoms with van der Waals surface area (Å²) in [5.74, 6) is -2.91. The van der Waals surface area contributed by atoms with Crippen LogP contribution in [-0.4, -0.2) is 35.3 Å². The molecular formula is C8H14F3NO2S. The van der Waals surface area contributed by atoms with Crippen LogP contribution in [-0.2, 0) is 4.79 Å². The van der Waals surface area contributed by atoms with E-state index in [-0.39, 0.29) is 6.42 Å². The molecule has 0 rings (SSSR count). The number of carboxylic acids is 1. The van der Waals surface area contributed by atoms with E-state index in [9.17, 15) is 18.0 Å². The number of rotatable bonds is 6. The van der Waals surface area contributed by atoms with E-state index in [0.717, 1.165) is 0 Å². The summed E-state index contributed by atoms with van der Waals surface area (Å²) in [5, 5.41) is 8.34. The maximum atomic E-state index is 12.4. The SMILES string of the molecule is CSC[C@H](N)C[C@@H](CC(=O)O)C(F)(F)F. The van der Waals surface area contributed by atoms with Crippen molar-refractivity contribution >= 4 is 17.7 Å². The number of nitrogens with two attached hydrogens (primary N) is 1. The van der Waals surface area contributed by atoms with Crippen molar-refractivity contribution in [2.45, 2.75) is 25.1 Å². The second-order valence-electron chi connectivity index (χ2n) is 3.29. The van der Waals surface area contributed by atoms with E-state index in [1.807, 2.05) is 0 Å². The Labute approximate surface area is 90.2 Å². The fourth-order valence-electron chi connectivity index (χ4n) is 1.19. The number of hydrogen-bond acceptors (Lipinski definition) is 3. The molecule has 0 saturated heterocycles. The minimum absolute atomic E-state index is 0.337. The minimum Gasteiger partial charge on any atom is -0.481 e. The number of carboxylic acid groups (broad SMARTS) is 1. The number of hydrogen-bond donors (Lipinski definition) is 2. The standard InChI is InChI=1S/C8H14F3NO2S/c1-15-4-6(12)2-5(3-7(13)14)8(9,10)11/h5-6H,2-4,12H2,1H3,(H,13,14)/t5-,6+/m0/s1. The van der Waals surface area contributed by atoms with Crippen molar-refractivity contribution in [3.63, 3.8) is 0 Å². The van der Waals surface area contributed by atoms with Crippen molar-refractivity contribution < 1.29 is 23.1 Å². The van der Waals surface area contributed by atoms with Crippen molar-refractivity contribution in [3.05, 3.63) is 0 Å². The number of carbonyl (C=O) groups is 1. The molecule has 0 bridgehead atoms. The fraction of sp³-hybridized carbons (Fsp3) is 0.875. The van der Waals surface area contributed by atoms with Gasteiger partial charge in [-0.2, -0.15) is 24.9 Å². The van der Waals surface area contributed by atoms with Gasteiger partial charge in [0.15, 0.2) is 0 Å². The van der Waals surface area contributed by atoms with Crippen molar-refractivity contribution in [1.82, 2.24) is 0 Å². The molecule has 0 aromatic rings. The Morgan fingerprint density at radius 2 is 2.07 bits per heavy atom. The van der Waals surface area contributed by atoms with E-state index in [1.165, 1.54) is 11.8 Å². The van der Waals surface area contributed by atoms with Gasteiger partial charge in [-0.15, -0.1) is 0 Å².